The number of fused-ring (bicyclic) bond motifs is 1. The van der Waals surface area contributed by atoms with Gasteiger partial charge in [-0.15, -0.1) is 0 Å². The van der Waals surface area contributed by atoms with Crippen LogP contribution in [-0.2, 0) is 6.42 Å². The van der Waals surface area contributed by atoms with Crippen molar-refractivity contribution < 1.29 is 14.3 Å². The fourth-order valence-electron chi connectivity index (χ4n) is 2.65. The molecule has 7 nitrogen and oxygen atoms in total. The maximum atomic E-state index is 12.3. The van der Waals surface area contributed by atoms with Crippen molar-refractivity contribution in [2.24, 2.45) is 0 Å². The van der Waals surface area contributed by atoms with E-state index >= 15 is 0 Å². The molecule has 7 heteroatoms. The number of carbonyl (C=O) groups is 1. The van der Waals surface area contributed by atoms with Crippen LogP contribution in [0.15, 0.2) is 54.9 Å². The second-order valence-corrected chi connectivity index (χ2v) is 5.98. The van der Waals surface area contributed by atoms with Crippen molar-refractivity contribution in [3.63, 3.8) is 0 Å². The number of hydrogen-bond donors (Lipinski definition) is 2. The van der Waals surface area contributed by atoms with Crippen molar-refractivity contribution in [2.75, 3.05) is 17.4 Å². The van der Waals surface area contributed by atoms with Gasteiger partial charge < -0.3 is 20.1 Å². The zero-order valence-corrected chi connectivity index (χ0v) is 14.7. The SMILES string of the molecule is CCc1ccc(Nc2cnc(C(=O)Nc3ccc4c(c3)OCO4)cn2)cc1. The van der Waals surface area contributed by atoms with E-state index in [-0.39, 0.29) is 18.4 Å². The molecule has 4 rings (SSSR count). The highest BCUT2D eigenvalue weighted by molar-refractivity contribution is 6.02. The van der Waals surface area contributed by atoms with Gasteiger partial charge in [-0.2, -0.15) is 0 Å². The largest absolute Gasteiger partial charge is 0.454 e. The first-order valence-corrected chi connectivity index (χ1v) is 8.60. The maximum Gasteiger partial charge on any atom is 0.275 e. The fourth-order valence-corrected chi connectivity index (χ4v) is 2.65. The summed E-state index contributed by atoms with van der Waals surface area (Å²) >= 11 is 0. The fraction of sp³-hybridized carbons (Fsp3) is 0.150. The van der Waals surface area contributed by atoms with Crippen LogP contribution in [0.5, 0.6) is 11.5 Å². The van der Waals surface area contributed by atoms with Gasteiger partial charge in [0.05, 0.1) is 12.4 Å². The second kappa shape index (κ2) is 7.33. The highest BCUT2D eigenvalue weighted by Gasteiger charge is 2.15. The topological polar surface area (TPSA) is 85.4 Å². The van der Waals surface area contributed by atoms with Crippen molar-refractivity contribution in [3.05, 3.63) is 66.1 Å². The second-order valence-electron chi connectivity index (χ2n) is 5.98. The molecule has 136 valence electrons. The number of nitrogens with one attached hydrogen (secondary N) is 2. The number of amides is 1. The van der Waals surface area contributed by atoms with Gasteiger partial charge in [-0.3, -0.25) is 4.79 Å². The summed E-state index contributed by atoms with van der Waals surface area (Å²) < 4.78 is 10.6. The van der Waals surface area contributed by atoms with E-state index in [1.54, 1.807) is 18.2 Å². The predicted molar refractivity (Wildman–Crippen MR) is 102 cm³/mol. The average Bonchev–Trinajstić information content (AvgIpc) is 3.17. The number of rotatable bonds is 5. The summed E-state index contributed by atoms with van der Waals surface area (Å²) in [6, 6.07) is 13.3. The van der Waals surface area contributed by atoms with E-state index in [2.05, 4.69) is 39.7 Å². The van der Waals surface area contributed by atoms with Crippen LogP contribution in [0.25, 0.3) is 0 Å². The van der Waals surface area contributed by atoms with Gasteiger partial charge in [-0.05, 0) is 36.2 Å². The van der Waals surface area contributed by atoms with Gasteiger partial charge in [0.25, 0.3) is 5.91 Å². The number of ether oxygens (including phenoxy) is 2. The molecule has 0 unspecified atom stereocenters. The molecule has 0 radical (unpaired) electrons. The zero-order valence-electron chi connectivity index (χ0n) is 14.7. The van der Waals surface area contributed by atoms with Crippen LogP contribution in [0.2, 0.25) is 0 Å². The summed E-state index contributed by atoms with van der Waals surface area (Å²) in [6.45, 7) is 2.30. The van der Waals surface area contributed by atoms with E-state index in [0.717, 1.165) is 12.1 Å². The molecule has 1 aliphatic heterocycles. The molecular formula is C20H18N4O3. The van der Waals surface area contributed by atoms with E-state index in [1.165, 1.54) is 18.0 Å². The molecule has 1 amide bonds. The average molecular weight is 362 g/mol. The van der Waals surface area contributed by atoms with Crippen molar-refractivity contribution in [2.45, 2.75) is 13.3 Å². The molecule has 3 aromatic rings. The summed E-state index contributed by atoms with van der Waals surface area (Å²) in [4.78, 5) is 20.8. The molecule has 0 saturated heterocycles. The van der Waals surface area contributed by atoms with Crippen LogP contribution >= 0.6 is 0 Å². The van der Waals surface area contributed by atoms with Gasteiger partial charge >= 0.3 is 0 Å². The van der Waals surface area contributed by atoms with E-state index in [0.29, 0.717) is 23.0 Å². The lowest BCUT2D eigenvalue weighted by molar-refractivity contribution is 0.102. The summed E-state index contributed by atoms with van der Waals surface area (Å²) in [5.74, 6) is 1.49. The summed E-state index contributed by atoms with van der Waals surface area (Å²) in [5, 5.41) is 5.94. The van der Waals surface area contributed by atoms with Gasteiger partial charge in [0.1, 0.15) is 11.5 Å². The minimum absolute atomic E-state index is 0.188. The van der Waals surface area contributed by atoms with Gasteiger partial charge in [0.15, 0.2) is 11.5 Å². The van der Waals surface area contributed by atoms with E-state index in [4.69, 9.17) is 9.47 Å². The van der Waals surface area contributed by atoms with Gasteiger partial charge in [-0.1, -0.05) is 19.1 Å². The van der Waals surface area contributed by atoms with Gasteiger partial charge in [0, 0.05) is 17.4 Å². The monoisotopic (exact) mass is 362 g/mol. The number of benzene rings is 2. The number of nitrogens with zero attached hydrogens (tertiary/aromatic N) is 2. The number of aryl methyl sites for hydroxylation is 1. The summed E-state index contributed by atoms with van der Waals surface area (Å²) in [7, 11) is 0. The molecule has 1 aromatic heterocycles. The van der Waals surface area contributed by atoms with Crippen LogP contribution in [-0.4, -0.2) is 22.7 Å². The lowest BCUT2D eigenvalue weighted by atomic mass is 10.1. The lowest BCUT2D eigenvalue weighted by Crippen LogP contribution is -2.14. The Morgan fingerprint density at radius 1 is 1.00 bits per heavy atom. The Morgan fingerprint density at radius 3 is 2.52 bits per heavy atom. The van der Waals surface area contributed by atoms with Crippen molar-refractivity contribution in [1.82, 2.24) is 9.97 Å². The zero-order chi connectivity index (χ0) is 18.6. The molecule has 0 aliphatic carbocycles. The third-order valence-corrected chi connectivity index (χ3v) is 4.15. The summed E-state index contributed by atoms with van der Waals surface area (Å²) in [6.07, 6.45) is 3.96. The van der Waals surface area contributed by atoms with E-state index in [9.17, 15) is 4.79 Å². The Hall–Kier alpha value is -3.61. The van der Waals surface area contributed by atoms with Crippen molar-refractivity contribution in [3.8, 4) is 11.5 Å². The molecule has 27 heavy (non-hydrogen) atoms. The highest BCUT2D eigenvalue weighted by atomic mass is 16.7. The molecule has 2 aromatic carbocycles. The molecule has 0 saturated carbocycles. The van der Waals surface area contributed by atoms with Crippen LogP contribution in [0.1, 0.15) is 23.0 Å². The molecule has 0 atom stereocenters. The number of aromatic nitrogens is 2. The predicted octanol–water partition coefficient (Wildman–Crippen LogP) is 3.76. The van der Waals surface area contributed by atoms with Crippen LogP contribution in [0.4, 0.5) is 17.2 Å². The quantitative estimate of drug-likeness (QED) is 0.719. The Labute approximate surface area is 156 Å². The minimum atomic E-state index is -0.347. The van der Waals surface area contributed by atoms with Gasteiger partial charge in [0.2, 0.25) is 6.79 Å². The number of hydrogen-bond acceptors (Lipinski definition) is 6. The molecule has 2 heterocycles. The minimum Gasteiger partial charge on any atom is -0.454 e. The smallest absolute Gasteiger partial charge is 0.275 e. The van der Waals surface area contributed by atoms with E-state index < -0.39 is 0 Å². The van der Waals surface area contributed by atoms with Crippen molar-refractivity contribution >= 4 is 23.1 Å². The number of anilines is 3. The first kappa shape index (κ1) is 16.8. The summed E-state index contributed by atoms with van der Waals surface area (Å²) in [5.41, 5.74) is 3.00. The number of carbonyl (C=O) groups excluding carboxylic acids is 1. The molecule has 1 aliphatic rings. The third-order valence-electron chi connectivity index (χ3n) is 4.15. The molecule has 2 N–H and O–H groups in total. The van der Waals surface area contributed by atoms with Gasteiger partial charge in [-0.25, -0.2) is 9.97 Å². The van der Waals surface area contributed by atoms with Crippen molar-refractivity contribution in [1.29, 1.82) is 0 Å². The first-order valence-electron chi connectivity index (χ1n) is 8.60. The highest BCUT2D eigenvalue weighted by Crippen LogP contribution is 2.34. The van der Waals surface area contributed by atoms with E-state index in [1.807, 2.05) is 12.1 Å². The van der Waals surface area contributed by atoms with Crippen LogP contribution in [0.3, 0.4) is 0 Å². The third kappa shape index (κ3) is 3.82. The standard InChI is InChI=1S/C20H18N4O3/c1-2-13-3-5-14(6-4-13)23-19-11-21-16(10-22-19)20(25)24-15-7-8-17-18(9-15)27-12-26-17/h3-11H,2,12H2,1H3,(H,22,23)(H,24,25). The maximum absolute atomic E-state index is 12.3. The lowest BCUT2D eigenvalue weighted by Gasteiger charge is -2.08. The first-order chi connectivity index (χ1) is 13.2. The molecule has 0 fully saturated rings. The normalized spacial score (nSPS) is 11.9. The van der Waals surface area contributed by atoms with Crippen LogP contribution < -0.4 is 20.1 Å². The molecular weight excluding hydrogens is 344 g/mol. The Bertz CT molecular complexity index is 956. The van der Waals surface area contributed by atoms with Crippen LogP contribution in [0, 0.1) is 0 Å². The molecule has 0 bridgehead atoms. The Kier molecular flexibility index (Phi) is 4.57. The Balaban J connectivity index is 1.41. The molecule has 0 spiro atoms. The Morgan fingerprint density at radius 2 is 1.78 bits per heavy atom.